The Bertz CT molecular complexity index is 877. The van der Waals surface area contributed by atoms with Gasteiger partial charge < -0.3 is 10.0 Å². The third-order valence-corrected chi connectivity index (χ3v) is 4.59. The standard InChI is InChI=1S/C21H23N3O3/c1-3-11-22-21-23-19(25)14(2)24(21)13-15-9-10-17(18(12-15)20(26)27)16-7-5-4-6-8-16/h4-10,12,14H,3,11,13H2,1-2H3,(H,26,27)(H,22,23,25). The molecule has 0 bridgehead atoms. The average molecular weight is 365 g/mol. The number of benzene rings is 2. The van der Waals surface area contributed by atoms with Crippen LogP contribution in [0.1, 0.15) is 36.2 Å². The van der Waals surface area contributed by atoms with Crippen molar-refractivity contribution in [2.24, 2.45) is 4.99 Å². The third-order valence-electron chi connectivity index (χ3n) is 4.59. The summed E-state index contributed by atoms with van der Waals surface area (Å²) in [4.78, 5) is 30.2. The van der Waals surface area contributed by atoms with E-state index in [1.165, 1.54) is 0 Å². The Morgan fingerprint density at radius 1 is 1.22 bits per heavy atom. The van der Waals surface area contributed by atoms with Crippen LogP contribution in [0.5, 0.6) is 0 Å². The van der Waals surface area contributed by atoms with E-state index in [-0.39, 0.29) is 17.5 Å². The van der Waals surface area contributed by atoms with Gasteiger partial charge in [-0.1, -0.05) is 49.4 Å². The molecule has 3 rings (SSSR count). The van der Waals surface area contributed by atoms with Crippen LogP contribution in [0, 0.1) is 0 Å². The topological polar surface area (TPSA) is 82.0 Å². The first-order valence-electron chi connectivity index (χ1n) is 9.05. The fraction of sp³-hybridized carbons (Fsp3) is 0.286. The molecule has 6 nitrogen and oxygen atoms in total. The number of amides is 1. The molecular weight excluding hydrogens is 342 g/mol. The molecule has 1 fully saturated rings. The molecule has 1 amide bonds. The lowest BCUT2D eigenvalue weighted by atomic mass is 9.97. The molecule has 1 unspecified atom stereocenters. The number of carbonyl (C=O) groups excluding carboxylic acids is 1. The number of carboxylic acids is 1. The maximum absolute atomic E-state index is 12.0. The number of aromatic carboxylic acids is 1. The Balaban J connectivity index is 1.92. The van der Waals surface area contributed by atoms with Gasteiger partial charge >= 0.3 is 5.97 Å². The van der Waals surface area contributed by atoms with Crippen LogP contribution in [0.15, 0.2) is 53.5 Å². The normalized spacial score (nSPS) is 18.0. The predicted octanol–water partition coefficient (Wildman–Crippen LogP) is 3.14. The Kier molecular flexibility index (Phi) is 5.54. The SMILES string of the molecule is CCCN=C1NC(=O)C(C)N1Cc1ccc(-c2ccccc2)c(C(=O)O)c1. The van der Waals surface area contributed by atoms with Gasteiger partial charge in [-0.05, 0) is 36.1 Å². The molecule has 1 atom stereocenters. The first kappa shape index (κ1) is 18.6. The molecule has 1 aliphatic heterocycles. The minimum Gasteiger partial charge on any atom is -0.478 e. The number of carbonyl (C=O) groups is 2. The van der Waals surface area contributed by atoms with Crippen LogP contribution < -0.4 is 5.32 Å². The molecule has 1 heterocycles. The van der Waals surface area contributed by atoms with Crippen molar-refractivity contribution in [3.05, 3.63) is 59.7 Å². The van der Waals surface area contributed by atoms with E-state index in [4.69, 9.17) is 0 Å². The van der Waals surface area contributed by atoms with Crippen LogP contribution in [0.3, 0.4) is 0 Å². The van der Waals surface area contributed by atoms with E-state index in [0.717, 1.165) is 17.5 Å². The third kappa shape index (κ3) is 4.00. The highest BCUT2D eigenvalue weighted by atomic mass is 16.4. The number of guanidine groups is 1. The van der Waals surface area contributed by atoms with E-state index in [9.17, 15) is 14.7 Å². The van der Waals surface area contributed by atoms with Crippen LogP contribution in [0.25, 0.3) is 11.1 Å². The Labute approximate surface area is 158 Å². The molecule has 2 aromatic rings. The van der Waals surface area contributed by atoms with E-state index < -0.39 is 5.97 Å². The molecule has 1 aliphatic rings. The lowest BCUT2D eigenvalue weighted by Crippen LogP contribution is -2.33. The van der Waals surface area contributed by atoms with Crippen LogP contribution in [0.2, 0.25) is 0 Å². The summed E-state index contributed by atoms with van der Waals surface area (Å²) in [7, 11) is 0. The highest BCUT2D eigenvalue weighted by molar-refractivity contribution is 6.06. The average Bonchev–Trinajstić information content (AvgIpc) is 2.94. The minimum absolute atomic E-state index is 0.0933. The fourth-order valence-electron chi connectivity index (χ4n) is 3.10. The zero-order valence-electron chi connectivity index (χ0n) is 15.5. The monoisotopic (exact) mass is 365 g/mol. The van der Waals surface area contributed by atoms with Gasteiger partial charge in [0.1, 0.15) is 6.04 Å². The zero-order valence-corrected chi connectivity index (χ0v) is 15.5. The van der Waals surface area contributed by atoms with Crippen molar-refractivity contribution in [3.8, 4) is 11.1 Å². The summed E-state index contributed by atoms with van der Waals surface area (Å²) in [5, 5.41) is 12.5. The van der Waals surface area contributed by atoms with Gasteiger partial charge in [-0.2, -0.15) is 0 Å². The van der Waals surface area contributed by atoms with Crippen molar-refractivity contribution < 1.29 is 14.7 Å². The van der Waals surface area contributed by atoms with Crippen molar-refractivity contribution >= 4 is 17.8 Å². The molecule has 0 aromatic heterocycles. The van der Waals surface area contributed by atoms with Gasteiger partial charge in [0, 0.05) is 13.1 Å². The molecule has 0 saturated carbocycles. The Morgan fingerprint density at radius 3 is 2.63 bits per heavy atom. The molecule has 0 aliphatic carbocycles. The van der Waals surface area contributed by atoms with Gasteiger partial charge in [0.2, 0.25) is 11.9 Å². The Hall–Kier alpha value is -3.15. The number of hydrogen-bond acceptors (Lipinski definition) is 3. The van der Waals surface area contributed by atoms with Gasteiger partial charge in [0.25, 0.3) is 0 Å². The quantitative estimate of drug-likeness (QED) is 0.824. The fourth-order valence-corrected chi connectivity index (χ4v) is 3.10. The largest absolute Gasteiger partial charge is 0.478 e. The van der Waals surface area contributed by atoms with Gasteiger partial charge in [-0.15, -0.1) is 0 Å². The summed E-state index contributed by atoms with van der Waals surface area (Å²) >= 11 is 0. The minimum atomic E-state index is -0.973. The summed E-state index contributed by atoms with van der Waals surface area (Å²) in [6.45, 7) is 4.89. The number of nitrogens with zero attached hydrogens (tertiary/aromatic N) is 2. The maximum atomic E-state index is 12.0. The molecule has 0 spiro atoms. The number of aliphatic imine (C=N–C) groups is 1. The zero-order chi connectivity index (χ0) is 19.4. The second-order valence-electron chi connectivity index (χ2n) is 6.55. The van der Waals surface area contributed by atoms with E-state index in [1.807, 2.05) is 61.2 Å². The smallest absolute Gasteiger partial charge is 0.336 e. The van der Waals surface area contributed by atoms with Crippen LogP contribution >= 0.6 is 0 Å². The summed E-state index contributed by atoms with van der Waals surface area (Å²) in [5.41, 5.74) is 2.60. The van der Waals surface area contributed by atoms with Crippen LogP contribution in [0.4, 0.5) is 0 Å². The molecule has 6 heteroatoms. The number of rotatable bonds is 6. The first-order valence-corrected chi connectivity index (χ1v) is 9.05. The number of hydrogen-bond donors (Lipinski definition) is 2. The van der Waals surface area contributed by atoms with Crippen LogP contribution in [-0.2, 0) is 11.3 Å². The van der Waals surface area contributed by atoms with Crippen molar-refractivity contribution in [1.82, 2.24) is 10.2 Å². The van der Waals surface area contributed by atoms with E-state index in [1.54, 1.807) is 6.07 Å². The molecule has 27 heavy (non-hydrogen) atoms. The van der Waals surface area contributed by atoms with Crippen molar-refractivity contribution in [2.75, 3.05) is 6.54 Å². The second kappa shape index (κ2) is 8.03. The lowest BCUT2D eigenvalue weighted by Gasteiger charge is -2.22. The molecule has 2 aromatic carbocycles. The van der Waals surface area contributed by atoms with Crippen LogP contribution in [-0.4, -0.2) is 40.4 Å². The van der Waals surface area contributed by atoms with Gasteiger partial charge in [-0.3, -0.25) is 15.1 Å². The summed E-state index contributed by atoms with van der Waals surface area (Å²) in [6.07, 6.45) is 0.885. The second-order valence-corrected chi connectivity index (χ2v) is 6.55. The van der Waals surface area contributed by atoms with E-state index in [2.05, 4.69) is 10.3 Å². The molecular formula is C21H23N3O3. The van der Waals surface area contributed by atoms with Gasteiger partial charge in [0.05, 0.1) is 5.56 Å². The van der Waals surface area contributed by atoms with Gasteiger partial charge in [-0.25, -0.2) is 4.79 Å². The summed E-state index contributed by atoms with van der Waals surface area (Å²) in [6, 6.07) is 14.5. The maximum Gasteiger partial charge on any atom is 0.336 e. The van der Waals surface area contributed by atoms with E-state index in [0.29, 0.717) is 24.6 Å². The van der Waals surface area contributed by atoms with E-state index >= 15 is 0 Å². The highest BCUT2D eigenvalue weighted by Crippen LogP contribution is 2.26. The summed E-state index contributed by atoms with van der Waals surface area (Å²) < 4.78 is 0. The molecule has 0 radical (unpaired) electrons. The number of carboxylic acid groups (broad SMARTS) is 1. The Morgan fingerprint density at radius 2 is 1.96 bits per heavy atom. The lowest BCUT2D eigenvalue weighted by molar-refractivity contribution is -0.121. The predicted molar refractivity (Wildman–Crippen MR) is 105 cm³/mol. The number of nitrogens with one attached hydrogen (secondary N) is 1. The van der Waals surface area contributed by atoms with Crippen molar-refractivity contribution in [3.63, 3.8) is 0 Å². The first-order chi connectivity index (χ1) is 13.0. The van der Waals surface area contributed by atoms with Gasteiger partial charge in [0.15, 0.2) is 0 Å². The molecule has 140 valence electrons. The van der Waals surface area contributed by atoms with Crippen molar-refractivity contribution in [2.45, 2.75) is 32.9 Å². The van der Waals surface area contributed by atoms with Crippen molar-refractivity contribution in [1.29, 1.82) is 0 Å². The summed E-state index contributed by atoms with van der Waals surface area (Å²) in [5.74, 6) is -0.512. The molecule has 2 N–H and O–H groups in total. The molecule has 1 saturated heterocycles. The highest BCUT2D eigenvalue weighted by Gasteiger charge is 2.33.